The molecule has 8 nitrogen and oxygen atoms in total. The molecule has 2 aromatic carbocycles. The van der Waals surface area contributed by atoms with Gasteiger partial charge in [-0.2, -0.15) is 0 Å². The molecule has 15 heteroatoms. The zero-order valence-corrected chi connectivity index (χ0v) is 18.6. The monoisotopic (exact) mass is 537 g/mol. The van der Waals surface area contributed by atoms with Crippen LogP contribution >= 0.6 is 11.8 Å². The zero-order valence-electron chi connectivity index (χ0n) is 17.8. The van der Waals surface area contributed by atoms with Crippen LogP contribution < -0.4 is 4.74 Å². The first kappa shape index (κ1) is 26.2. The second-order valence-electron chi connectivity index (χ2n) is 7.67. The van der Waals surface area contributed by atoms with Gasteiger partial charge in [-0.25, -0.2) is 17.9 Å². The molecule has 0 saturated carbocycles. The molecule has 36 heavy (non-hydrogen) atoms. The zero-order chi connectivity index (χ0) is 26.2. The normalized spacial score (nSPS) is 24.6. The first-order valence-corrected chi connectivity index (χ1v) is 11.1. The molecule has 194 valence electrons. The van der Waals surface area contributed by atoms with E-state index in [-0.39, 0.29) is 11.3 Å². The van der Waals surface area contributed by atoms with Crippen LogP contribution in [-0.4, -0.2) is 67.0 Å². The third kappa shape index (κ3) is 5.59. The maximum atomic E-state index is 13.6. The molecule has 0 aliphatic carbocycles. The van der Waals surface area contributed by atoms with E-state index in [1.165, 1.54) is 12.1 Å². The Kier molecular flexibility index (Phi) is 7.47. The van der Waals surface area contributed by atoms with E-state index in [0.717, 1.165) is 34.8 Å². The molecule has 0 bridgehead atoms. The van der Waals surface area contributed by atoms with Crippen molar-refractivity contribution in [3.63, 3.8) is 0 Å². The van der Waals surface area contributed by atoms with E-state index in [1.807, 2.05) is 0 Å². The van der Waals surface area contributed by atoms with Gasteiger partial charge in [0.25, 0.3) is 0 Å². The Morgan fingerprint density at radius 1 is 1.03 bits per heavy atom. The molecular formula is C21H17F6N3O5S. The largest absolute Gasteiger partial charge is 0.573 e. The second-order valence-corrected chi connectivity index (χ2v) is 8.84. The van der Waals surface area contributed by atoms with E-state index in [4.69, 9.17) is 4.74 Å². The van der Waals surface area contributed by atoms with Crippen molar-refractivity contribution < 1.29 is 51.1 Å². The average molecular weight is 537 g/mol. The van der Waals surface area contributed by atoms with Gasteiger partial charge in [0.05, 0.1) is 12.8 Å². The summed E-state index contributed by atoms with van der Waals surface area (Å²) in [7, 11) is 0. The lowest BCUT2D eigenvalue weighted by atomic mass is 9.97. The quantitative estimate of drug-likeness (QED) is 0.325. The minimum atomic E-state index is -4.86. The van der Waals surface area contributed by atoms with Crippen LogP contribution in [0.3, 0.4) is 0 Å². The number of alkyl halides is 3. The van der Waals surface area contributed by atoms with Crippen molar-refractivity contribution in [3.8, 4) is 17.0 Å². The van der Waals surface area contributed by atoms with Gasteiger partial charge in [-0.05, 0) is 36.4 Å². The number of aliphatic hydroxyl groups excluding tert-OH is 3. The molecule has 0 amide bonds. The number of rotatable bonds is 6. The summed E-state index contributed by atoms with van der Waals surface area (Å²) in [6.45, 7) is -0.657. The van der Waals surface area contributed by atoms with E-state index >= 15 is 0 Å². The molecule has 0 radical (unpaired) electrons. The standard InChI is InChI=1S/C21H17F6N3O5S/c22-12-5-9(6-13(23)16(12)24)14-7-30(29-28-14)17-18(32)15(8-31)34-20(19(17)33)36-11-3-1-10(2-4-11)35-21(25,26)27/h1-7,15,17-20,31-33H,8H2/t15?,17?,18-,19?,20+/m0/s1. The van der Waals surface area contributed by atoms with Crippen molar-refractivity contribution in [3.05, 3.63) is 60.0 Å². The third-order valence-corrected chi connectivity index (χ3v) is 6.42. The first-order chi connectivity index (χ1) is 17.0. The second kappa shape index (κ2) is 10.3. The Balaban J connectivity index is 1.57. The smallest absolute Gasteiger partial charge is 0.406 e. The maximum absolute atomic E-state index is 13.6. The van der Waals surface area contributed by atoms with Crippen molar-refractivity contribution in [2.45, 2.75) is 41.0 Å². The Morgan fingerprint density at radius 2 is 1.67 bits per heavy atom. The predicted octanol–water partition coefficient (Wildman–Crippen LogP) is 3.03. The molecule has 1 saturated heterocycles. The van der Waals surface area contributed by atoms with Crippen molar-refractivity contribution in [1.29, 1.82) is 0 Å². The predicted molar refractivity (Wildman–Crippen MR) is 111 cm³/mol. The van der Waals surface area contributed by atoms with E-state index in [9.17, 15) is 41.7 Å². The molecule has 5 atom stereocenters. The minimum absolute atomic E-state index is 0.0938. The highest BCUT2D eigenvalue weighted by Gasteiger charge is 2.46. The topological polar surface area (TPSA) is 110 Å². The van der Waals surface area contributed by atoms with Gasteiger partial charge in [0.1, 0.15) is 41.2 Å². The van der Waals surface area contributed by atoms with Gasteiger partial charge in [0.15, 0.2) is 17.5 Å². The number of aromatic nitrogens is 3. The van der Waals surface area contributed by atoms with Gasteiger partial charge in [0.2, 0.25) is 0 Å². The van der Waals surface area contributed by atoms with Crippen LogP contribution in [0.4, 0.5) is 26.3 Å². The van der Waals surface area contributed by atoms with Crippen molar-refractivity contribution in [1.82, 2.24) is 15.0 Å². The lowest BCUT2D eigenvalue weighted by Crippen LogP contribution is -2.55. The number of hydrogen-bond acceptors (Lipinski definition) is 8. The van der Waals surface area contributed by atoms with Crippen LogP contribution in [0, 0.1) is 17.5 Å². The fourth-order valence-electron chi connectivity index (χ4n) is 3.59. The van der Waals surface area contributed by atoms with Crippen LogP contribution in [0.1, 0.15) is 6.04 Å². The highest BCUT2D eigenvalue weighted by atomic mass is 32.2. The fraction of sp³-hybridized carbons (Fsp3) is 0.333. The van der Waals surface area contributed by atoms with Crippen LogP contribution in [0.25, 0.3) is 11.3 Å². The summed E-state index contributed by atoms with van der Waals surface area (Å²) in [5.74, 6) is -5.02. The van der Waals surface area contributed by atoms with Crippen LogP contribution in [0.2, 0.25) is 0 Å². The van der Waals surface area contributed by atoms with Gasteiger partial charge in [0, 0.05) is 10.5 Å². The van der Waals surface area contributed by atoms with Crippen LogP contribution in [0.15, 0.2) is 47.5 Å². The molecule has 4 rings (SSSR count). The summed E-state index contributed by atoms with van der Waals surface area (Å²) in [4.78, 5) is 0.372. The fourth-order valence-corrected chi connectivity index (χ4v) is 4.65. The molecule has 2 heterocycles. The highest BCUT2D eigenvalue weighted by Crippen LogP contribution is 2.39. The maximum Gasteiger partial charge on any atom is 0.573 e. The first-order valence-electron chi connectivity index (χ1n) is 10.2. The number of hydrogen-bond donors (Lipinski definition) is 3. The highest BCUT2D eigenvalue weighted by molar-refractivity contribution is 7.99. The van der Waals surface area contributed by atoms with Gasteiger partial charge < -0.3 is 24.8 Å². The van der Waals surface area contributed by atoms with Crippen molar-refractivity contribution >= 4 is 11.8 Å². The van der Waals surface area contributed by atoms with E-state index in [2.05, 4.69) is 15.0 Å². The average Bonchev–Trinajstić information content (AvgIpc) is 3.29. The van der Waals surface area contributed by atoms with Gasteiger partial charge in [-0.3, -0.25) is 0 Å². The van der Waals surface area contributed by atoms with E-state index in [0.29, 0.717) is 17.0 Å². The lowest BCUT2D eigenvalue weighted by Gasteiger charge is -2.41. The minimum Gasteiger partial charge on any atom is -0.406 e. The summed E-state index contributed by atoms with van der Waals surface area (Å²) in [5, 5.41) is 38.8. The van der Waals surface area contributed by atoms with Crippen molar-refractivity contribution in [2.75, 3.05) is 6.61 Å². The number of nitrogens with zero attached hydrogens (tertiary/aromatic N) is 3. The van der Waals surface area contributed by atoms with Gasteiger partial charge in [-0.1, -0.05) is 17.0 Å². The van der Waals surface area contributed by atoms with Crippen LogP contribution in [-0.2, 0) is 4.74 Å². The number of benzene rings is 2. The summed E-state index contributed by atoms with van der Waals surface area (Å²) in [6, 6.07) is 4.85. The molecule has 3 aromatic rings. The summed E-state index contributed by atoms with van der Waals surface area (Å²) < 4.78 is 88.0. The Bertz CT molecular complexity index is 1190. The van der Waals surface area contributed by atoms with E-state index in [1.54, 1.807) is 0 Å². The Morgan fingerprint density at radius 3 is 2.25 bits per heavy atom. The van der Waals surface area contributed by atoms with Gasteiger partial charge in [-0.15, -0.1) is 18.3 Å². The molecule has 3 N–H and O–H groups in total. The lowest BCUT2D eigenvalue weighted by molar-refractivity contribution is -0.274. The summed E-state index contributed by atoms with van der Waals surface area (Å²) >= 11 is 0.894. The Hall–Kier alpha value is -2.85. The molecular weight excluding hydrogens is 520 g/mol. The van der Waals surface area contributed by atoms with E-state index < -0.39 is 66.0 Å². The Labute approximate surface area is 203 Å². The molecule has 3 unspecified atom stereocenters. The number of aliphatic hydroxyl groups is 3. The SMILES string of the molecule is OCC1O[C@H](Sc2ccc(OC(F)(F)F)cc2)C(O)C(n2cc(-c3cc(F)c(F)c(F)c3)nn2)[C@H]1O. The number of halogens is 6. The molecule has 1 aliphatic heterocycles. The molecule has 1 aliphatic rings. The third-order valence-electron chi connectivity index (χ3n) is 5.25. The molecule has 1 fully saturated rings. The van der Waals surface area contributed by atoms with Crippen LogP contribution in [0.5, 0.6) is 5.75 Å². The van der Waals surface area contributed by atoms with Gasteiger partial charge >= 0.3 is 6.36 Å². The summed E-state index contributed by atoms with van der Waals surface area (Å²) in [5.41, 5.74) is -1.37. The summed E-state index contributed by atoms with van der Waals surface area (Å²) in [6.07, 6.45) is -7.89. The number of ether oxygens (including phenoxy) is 2. The van der Waals surface area contributed by atoms with Crippen molar-refractivity contribution in [2.24, 2.45) is 0 Å². The molecule has 1 aromatic heterocycles. The number of thioether (sulfide) groups is 1. The molecule has 0 spiro atoms.